The molecule has 0 bridgehead atoms. The second-order valence-corrected chi connectivity index (χ2v) is 9.33. The Morgan fingerprint density at radius 2 is 1.94 bits per heavy atom. The molecular weight excluding hydrogens is 440 g/mol. The molecule has 0 radical (unpaired) electrons. The maximum atomic E-state index is 13.5. The molecular formula is C25H28N2O7. The smallest absolute Gasteiger partial charge is 0.233 e. The van der Waals surface area contributed by atoms with E-state index in [2.05, 4.69) is 11.1 Å². The van der Waals surface area contributed by atoms with Gasteiger partial charge in [-0.1, -0.05) is 11.2 Å². The Morgan fingerprint density at radius 1 is 1.15 bits per heavy atom. The minimum absolute atomic E-state index is 0.122. The summed E-state index contributed by atoms with van der Waals surface area (Å²) >= 11 is 0. The molecule has 2 saturated carbocycles. The van der Waals surface area contributed by atoms with Gasteiger partial charge in [-0.05, 0) is 37.0 Å². The largest absolute Gasteiger partial charge is 0.454 e. The lowest BCUT2D eigenvalue weighted by Crippen LogP contribution is -2.54. The maximum Gasteiger partial charge on any atom is 0.233 e. The lowest BCUT2D eigenvalue weighted by Gasteiger charge is -2.45. The van der Waals surface area contributed by atoms with E-state index >= 15 is 0 Å². The highest BCUT2D eigenvalue weighted by molar-refractivity contribution is 6.06. The fourth-order valence-electron chi connectivity index (χ4n) is 5.78. The molecule has 1 aromatic carbocycles. The number of aliphatic hydroxyl groups is 2. The van der Waals surface area contributed by atoms with Crippen molar-refractivity contribution in [1.29, 1.82) is 0 Å². The number of rotatable bonds is 6. The standard InChI is InChI=1S/C25H28N2O7/c1-2-3-4-9-34-26-17-11-18(28)23(29)21-15(17)6-7-16-22(21)25(31)27(24(16)30)12-14-5-8-19-20(10-14)33-13-32-19/h1,5,8,10,15-16,18,21-23,28-29H,3-4,6-7,9,11-13H2/t15-,16-,18-,21+,22-,23-/m1/s1. The number of carbonyl (C=O) groups excluding carboxylic acids is 2. The van der Waals surface area contributed by atoms with Gasteiger partial charge in [-0.2, -0.15) is 0 Å². The number of fused-ring (bicyclic) bond motifs is 4. The summed E-state index contributed by atoms with van der Waals surface area (Å²) in [4.78, 5) is 33.4. The van der Waals surface area contributed by atoms with E-state index in [9.17, 15) is 19.8 Å². The van der Waals surface area contributed by atoms with E-state index < -0.39 is 30.0 Å². The molecule has 3 fully saturated rings. The highest BCUT2D eigenvalue weighted by Gasteiger charge is 2.59. The molecule has 180 valence electrons. The predicted molar refractivity (Wildman–Crippen MR) is 119 cm³/mol. The van der Waals surface area contributed by atoms with E-state index in [-0.39, 0.29) is 37.5 Å². The zero-order valence-corrected chi connectivity index (χ0v) is 18.8. The summed E-state index contributed by atoms with van der Waals surface area (Å²) in [5, 5.41) is 25.7. The van der Waals surface area contributed by atoms with Crippen molar-refractivity contribution in [3.05, 3.63) is 23.8 Å². The molecule has 4 aliphatic rings. The minimum Gasteiger partial charge on any atom is -0.454 e. The van der Waals surface area contributed by atoms with Crippen LogP contribution < -0.4 is 9.47 Å². The first kappa shape index (κ1) is 22.7. The van der Waals surface area contributed by atoms with Crippen LogP contribution in [-0.2, 0) is 21.0 Å². The molecule has 0 unspecified atom stereocenters. The van der Waals surface area contributed by atoms with Crippen LogP contribution in [0.2, 0.25) is 0 Å². The molecule has 2 aliphatic carbocycles. The van der Waals surface area contributed by atoms with Crippen LogP contribution in [0.25, 0.3) is 0 Å². The topological polar surface area (TPSA) is 118 Å². The SMILES string of the molecule is C#CCCCON=C1C[C@@H](O)[C@@H](O)[C@@H]2[C@@H]3C(=O)N(Cc4ccc5c(c4)OCO5)C(=O)[C@@H]3CC[C@H]12. The van der Waals surface area contributed by atoms with Crippen molar-refractivity contribution >= 4 is 17.5 Å². The Balaban J connectivity index is 1.35. The summed E-state index contributed by atoms with van der Waals surface area (Å²) < 4.78 is 10.7. The van der Waals surface area contributed by atoms with Gasteiger partial charge in [0, 0.05) is 24.7 Å². The van der Waals surface area contributed by atoms with Gasteiger partial charge in [-0.15, -0.1) is 12.3 Å². The number of nitrogens with zero attached hydrogens (tertiary/aromatic N) is 2. The van der Waals surface area contributed by atoms with E-state index in [1.54, 1.807) is 18.2 Å². The van der Waals surface area contributed by atoms with Gasteiger partial charge in [-0.25, -0.2) is 0 Å². The minimum atomic E-state index is -1.11. The van der Waals surface area contributed by atoms with Gasteiger partial charge in [0.25, 0.3) is 0 Å². The third-order valence-electron chi connectivity index (χ3n) is 7.39. The summed E-state index contributed by atoms with van der Waals surface area (Å²) in [7, 11) is 0. The lowest BCUT2D eigenvalue weighted by molar-refractivity contribution is -0.142. The van der Waals surface area contributed by atoms with Gasteiger partial charge in [0.05, 0.1) is 36.3 Å². The average Bonchev–Trinajstić information content (AvgIpc) is 3.40. The number of imide groups is 1. The number of carbonyl (C=O) groups is 2. The fraction of sp³-hybridized carbons (Fsp3) is 0.560. The van der Waals surface area contributed by atoms with E-state index in [1.165, 1.54) is 4.90 Å². The van der Waals surface area contributed by atoms with E-state index in [1.807, 2.05) is 0 Å². The Kier molecular flexibility index (Phi) is 6.19. The number of unbranched alkanes of at least 4 members (excludes halogenated alkanes) is 1. The molecule has 9 nitrogen and oxygen atoms in total. The van der Waals surface area contributed by atoms with Crippen LogP contribution in [0.5, 0.6) is 11.5 Å². The quantitative estimate of drug-likeness (QED) is 0.281. The lowest BCUT2D eigenvalue weighted by atomic mass is 9.60. The molecule has 0 aromatic heterocycles. The number of likely N-dealkylation sites (tertiary alicyclic amines) is 1. The van der Waals surface area contributed by atoms with Crippen LogP contribution in [-0.4, -0.2) is 58.2 Å². The van der Waals surface area contributed by atoms with E-state index in [0.29, 0.717) is 49.5 Å². The van der Waals surface area contributed by atoms with Gasteiger partial charge in [0.2, 0.25) is 18.6 Å². The molecule has 34 heavy (non-hydrogen) atoms. The highest BCUT2D eigenvalue weighted by atomic mass is 16.7. The molecule has 1 aromatic rings. The number of ether oxygens (including phenoxy) is 2. The fourth-order valence-corrected chi connectivity index (χ4v) is 5.78. The number of oxime groups is 1. The predicted octanol–water partition coefficient (Wildman–Crippen LogP) is 1.45. The number of hydrogen-bond acceptors (Lipinski definition) is 8. The monoisotopic (exact) mass is 468 g/mol. The zero-order valence-electron chi connectivity index (χ0n) is 18.8. The van der Waals surface area contributed by atoms with Crippen LogP contribution in [0, 0.1) is 36.0 Å². The van der Waals surface area contributed by atoms with Crippen molar-refractivity contribution in [2.24, 2.45) is 28.8 Å². The first-order chi connectivity index (χ1) is 16.5. The third kappa shape index (κ3) is 3.91. The summed E-state index contributed by atoms with van der Waals surface area (Å²) in [5.74, 6) is 1.18. The van der Waals surface area contributed by atoms with Crippen molar-refractivity contribution in [2.45, 2.75) is 50.9 Å². The van der Waals surface area contributed by atoms with Crippen molar-refractivity contribution < 1.29 is 34.1 Å². The van der Waals surface area contributed by atoms with Crippen LogP contribution in [0.4, 0.5) is 0 Å². The average molecular weight is 469 g/mol. The summed E-state index contributed by atoms with van der Waals surface area (Å²) in [6.07, 6.45) is 5.62. The van der Waals surface area contributed by atoms with Crippen molar-refractivity contribution in [3.8, 4) is 23.8 Å². The molecule has 2 heterocycles. The van der Waals surface area contributed by atoms with Crippen molar-refractivity contribution in [1.82, 2.24) is 4.90 Å². The van der Waals surface area contributed by atoms with E-state index in [0.717, 1.165) is 5.56 Å². The first-order valence-electron chi connectivity index (χ1n) is 11.7. The van der Waals surface area contributed by atoms with Crippen molar-refractivity contribution in [2.75, 3.05) is 13.4 Å². The Labute approximate surface area is 197 Å². The highest BCUT2D eigenvalue weighted by Crippen LogP contribution is 2.50. The molecule has 1 saturated heterocycles. The van der Waals surface area contributed by atoms with Gasteiger partial charge in [0.15, 0.2) is 11.5 Å². The van der Waals surface area contributed by atoms with Gasteiger partial charge in [-0.3, -0.25) is 14.5 Å². The Bertz CT molecular complexity index is 1050. The Hall–Kier alpha value is -3.09. The number of benzene rings is 1. The van der Waals surface area contributed by atoms with Crippen molar-refractivity contribution in [3.63, 3.8) is 0 Å². The molecule has 9 heteroatoms. The van der Waals surface area contributed by atoms with Crippen LogP contribution in [0.15, 0.2) is 23.4 Å². The second kappa shape index (κ2) is 9.28. The van der Waals surface area contributed by atoms with Gasteiger partial charge < -0.3 is 24.5 Å². The summed E-state index contributed by atoms with van der Waals surface area (Å²) in [5.41, 5.74) is 1.39. The Morgan fingerprint density at radius 3 is 2.76 bits per heavy atom. The molecule has 2 aliphatic heterocycles. The molecule has 2 N–H and O–H groups in total. The second-order valence-electron chi connectivity index (χ2n) is 9.33. The number of hydrogen-bond donors (Lipinski definition) is 2. The van der Waals surface area contributed by atoms with Crippen LogP contribution in [0.3, 0.4) is 0 Å². The van der Waals surface area contributed by atoms with E-state index in [4.69, 9.17) is 20.7 Å². The summed E-state index contributed by atoms with van der Waals surface area (Å²) in [6.45, 7) is 0.623. The van der Waals surface area contributed by atoms with Gasteiger partial charge in [0.1, 0.15) is 6.61 Å². The normalized spacial score (nSPS) is 33.0. The first-order valence-corrected chi connectivity index (χ1v) is 11.7. The maximum absolute atomic E-state index is 13.5. The number of aliphatic hydroxyl groups excluding tert-OH is 2. The number of amides is 2. The van der Waals surface area contributed by atoms with Crippen LogP contribution in [0.1, 0.15) is 37.7 Å². The van der Waals surface area contributed by atoms with Gasteiger partial charge >= 0.3 is 0 Å². The molecule has 0 spiro atoms. The zero-order chi connectivity index (χ0) is 23.8. The molecule has 6 atom stereocenters. The molecule has 2 amide bonds. The third-order valence-corrected chi connectivity index (χ3v) is 7.39. The summed E-state index contributed by atoms with van der Waals surface area (Å²) in [6, 6.07) is 5.34. The number of terminal acetylenes is 1. The molecule has 5 rings (SSSR count). The van der Waals surface area contributed by atoms with Crippen LogP contribution >= 0.6 is 0 Å².